The zero-order valence-electron chi connectivity index (χ0n) is 21.4. The molecule has 0 N–H and O–H groups in total. The van der Waals surface area contributed by atoms with Crippen molar-refractivity contribution in [3.63, 3.8) is 0 Å². The molecule has 0 fully saturated rings. The molecule has 3 rings (SSSR count). The molecule has 0 radical (unpaired) electrons. The second-order valence-corrected chi connectivity index (χ2v) is 6.56. The van der Waals surface area contributed by atoms with Crippen molar-refractivity contribution in [3.05, 3.63) is 76.7 Å². The second-order valence-electron chi connectivity index (χ2n) is 6.56. The van der Waals surface area contributed by atoms with Crippen LogP contribution in [0.1, 0.15) is 77.6 Å². The molecule has 2 aromatic carbocycles. The van der Waals surface area contributed by atoms with E-state index in [1.54, 1.807) is 6.26 Å². The van der Waals surface area contributed by atoms with Gasteiger partial charge in [0, 0.05) is 5.23 Å². The average molecular weight is 426 g/mol. The van der Waals surface area contributed by atoms with Gasteiger partial charge in [-0.1, -0.05) is 83.2 Å². The van der Waals surface area contributed by atoms with E-state index >= 15 is 0 Å². The van der Waals surface area contributed by atoms with Gasteiger partial charge >= 0.3 is 0 Å². The van der Waals surface area contributed by atoms with Crippen molar-refractivity contribution >= 4 is 6.08 Å². The lowest BCUT2D eigenvalue weighted by Crippen LogP contribution is -2.15. The molecule has 2 aromatic rings. The van der Waals surface area contributed by atoms with Gasteiger partial charge in [0.15, 0.2) is 12.0 Å². The Labute approximate surface area is 191 Å². The molecule has 1 aliphatic rings. The maximum Gasteiger partial charge on any atom is 0.162 e. The Balaban J connectivity index is 0.000000625. The fourth-order valence-electron chi connectivity index (χ4n) is 3.07. The first-order valence-electron chi connectivity index (χ1n) is 11.6. The first kappa shape index (κ1) is 28.5. The van der Waals surface area contributed by atoms with Crippen LogP contribution in [0.5, 0.6) is 0 Å². The standard InChI is InChI=1S/C19H22.C5H9NO2.2C2H6/c1-5-9-17-10-7-8-11-18(17)19-15(4)14(3)12-13-16(19)6-2;1-3-6-7-4-5(2)8-6;2*1-2/h5,7-13H,6H2,1-4H3;4H,3H2,1-2H3;2*1-2H3/b9-5-;;;. The van der Waals surface area contributed by atoms with Crippen molar-refractivity contribution in [1.29, 1.82) is 0 Å². The van der Waals surface area contributed by atoms with Crippen LogP contribution in [-0.4, -0.2) is 11.8 Å². The molecular weight excluding hydrogens is 382 g/mol. The van der Waals surface area contributed by atoms with E-state index in [0.717, 1.165) is 18.7 Å². The van der Waals surface area contributed by atoms with Gasteiger partial charge in [0.25, 0.3) is 0 Å². The summed E-state index contributed by atoms with van der Waals surface area (Å²) in [6, 6.07) is 13.2. The maximum atomic E-state index is 4.98. The molecule has 1 heterocycles. The lowest BCUT2D eigenvalue weighted by atomic mass is 9.88. The van der Waals surface area contributed by atoms with Gasteiger partial charge in [0.05, 0.1) is 6.54 Å². The highest BCUT2D eigenvalue weighted by Gasteiger charge is 2.11. The van der Waals surface area contributed by atoms with E-state index in [1.807, 2.05) is 41.5 Å². The van der Waals surface area contributed by atoms with Crippen molar-refractivity contribution in [2.45, 2.75) is 75.7 Å². The number of benzene rings is 2. The van der Waals surface area contributed by atoms with E-state index in [1.165, 1.54) is 38.6 Å². The molecule has 0 aromatic heterocycles. The molecule has 0 saturated carbocycles. The number of rotatable bonds is 4. The van der Waals surface area contributed by atoms with Crippen LogP contribution in [0.25, 0.3) is 17.2 Å². The topological polar surface area (TPSA) is 21.7 Å². The third kappa shape index (κ3) is 8.63. The Kier molecular flexibility index (Phi) is 14.9. The van der Waals surface area contributed by atoms with Gasteiger partial charge < -0.3 is 9.68 Å². The molecule has 0 spiro atoms. The third-order valence-corrected chi connectivity index (χ3v) is 4.62. The first-order chi connectivity index (χ1) is 15.0. The Morgan fingerprint density at radius 2 is 1.55 bits per heavy atom. The molecule has 3 nitrogen and oxygen atoms in total. The van der Waals surface area contributed by atoms with E-state index in [0.29, 0.717) is 0 Å². The van der Waals surface area contributed by atoms with Crippen LogP contribution in [0.3, 0.4) is 0 Å². The van der Waals surface area contributed by atoms with Crippen LogP contribution in [-0.2, 0) is 16.1 Å². The molecular formula is C28H43NO2. The van der Waals surface area contributed by atoms with Crippen molar-refractivity contribution in [2.75, 3.05) is 6.54 Å². The molecule has 0 atom stereocenters. The SMILES string of the molecule is C/C=C\c1ccccc1-c1c(CC)ccc(C)c1C.CC.CC.CCN1OC=C(C)O1. The van der Waals surface area contributed by atoms with Crippen molar-refractivity contribution in [3.8, 4) is 11.1 Å². The van der Waals surface area contributed by atoms with E-state index in [4.69, 9.17) is 9.68 Å². The number of hydroxylamine groups is 2. The highest BCUT2D eigenvalue weighted by Crippen LogP contribution is 2.33. The molecule has 0 unspecified atom stereocenters. The van der Waals surface area contributed by atoms with Crippen molar-refractivity contribution in [1.82, 2.24) is 5.23 Å². The summed E-state index contributed by atoms with van der Waals surface area (Å²) >= 11 is 0. The number of aryl methyl sites for hydroxylation is 2. The fourth-order valence-corrected chi connectivity index (χ4v) is 3.07. The zero-order valence-corrected chi connectivity index (χ0v) is 21.4. The minimum absolute atomic E-state index is 0.744. The smallest absolute Gasteiger partial charge is 0.162 e. The molecule has 0 amide bonds. The summed E-state index contributed by atoms with van der Waals surface area (Å²) in [5.74, 6) is 0.798. The average Bonchev–Trinajstić information content (AvgIpc) is 3.25. The van der Waals surface area contributed by atoms with Crippen molar-refractivity contribution < 1.29 is 9.68 Å². The van der Waals surface area contributed by atoms with Gasteiger partial charge in [-0.25, -0.2) is 0 Å². The predicted octanol–water partition coefficient (Wildman–Crippen LogP) is 8.66. The third-order valence-electron chi connectivity index (χ3n) is 4.62. The number of nitrogens with zero attached hydrogens (tertiary/aromatic N) is 1. The first-order valence-corrected chi connectivity index (χ1v) is 11.6. The number of hydrogen-bond donors (Lipinski definition) is 0. The summed E-state index contributed by atoms with van der Waals surface area (Å²) in [7, 11) is 0. The lowest BCUT2D eigenvalue weighted by molar-refractivity contribution is -0.286. The molecule has 1 aliphatic heterocycles. The largest absolute Gasteiger partial charge is 0.375 e. The van der Waals surface area contributed by atoms with E-state index in [2.05, 4.69) is 76.2 Å². The fraction of sp³-hybridized carbons (Fsp3) is 0.429. The normalized spacial score (nSPS) is 12.3. The van der Waals surface area contributed by atoms with Crippen LogP contribution < -0.4 is 0 Å². The quantitative estimate of drug-likeness (QED) is 0.489. The zero-order chi connectivity index (χ0) is 23.8. The summed E-state index contributed by atoms with van der Waals surface area (Å²) in [6.07, 6.45) is 6.94. The Hall–Kier alpha value is -2.52. The monoisotopic (exact) mass is 425 g/mol. The Morgan fingerprint density at radius 1 is 0.903 bits per heavy atom. The minimum Gasteiger partial charge on any atom is -0.375 e. The van der Waals surface area contributed by atoms with Crippen molar-refractivity contribution in [2.24, 2.45) is 0 Å². The van der Waals surface area contributed by atoms with Gasteiger partial charge in [-0.05, 0) is 74.4 Å². The van der Waals surface area contributed by atoms with Crippen LogP contribution in [0, 0.1) is 13.8 Å². The van der Waals surface area contributed by atoms with Gasteiger partial charge in [-0.3, -0.25) is 0 Å². The number of allylic oxidation sites excluding steroid dienone is 2. The molecule has 172 valence electrons. The predicted molar refractivity (Wildman–Crippen MR) is 136 cm³/mol. The highest BCUT2D eigenvalue weighted by molar-refractivity contribution is 5.80. The van der Waals surface area contributed by atoms with Crippen LogP contribution >= 0.6 is 0 Å². The molecule has 0 bridgehead atoms. The maximum absolute atomic E-state index is 4.98. The van der Waals surface area contributed by atoms with Gasteiger partial charge in [0.2, 0.25) is 0 Å². The lowest BCUT2D eigenvalue weighted by Gasteiger charge is -2.16. The Morgan fingerprint density at radius 3 is 2.03 bits per heavy atom. The Bertz CT molecular complexity index is 822. The summed E-state index contributed by atoms with van der Waals surface area (Å²) < 4.78 is 0. The highest BCUT2D eigenvalue weighted by atomic mass is 17.0. The van der Waals surface area contributed by atoms with E-state index in [-0.39, 0.29) is 0 Å². The summed E-state index contributed by atoms with van der Waals surface area (Å²) in [5, 5.41) is 1.41. The molecule has 0 saturated heterocycles. The minimum atomic E-state index is 0.744. The second kappa shape index (κ2) is 16.2. The van der Waals surface area contributed by atoms with Crippen LogP contribution in [0.15, 0.2) is 54.5 Å². The van der Waals surface area contributed by atoms with Crippen LogP contribution in [0.2, 0.25) is 0 Å². The molecule has 3 heteroatoms. The van der Waals surface area contributed by atoms with Gasteiger partial charge in [-0.15, -0.1) is 0 Å². The molecule has 31 heavy (non-hydrogen) atoms. The summed E-state index contributed by atoms with van der Waals surface area (Å²) in [6.45, 7) is 21.3. The number of hydrogen-bond acceptors (Lipinski definition) is 3. The van der Waals surface area contributed by atoms with Gasteiger partial charge in [-0.2, -0.15) is 0 Å². The summed E-state index contributed by atoms with van der Waals surface area (Å²) in [5.41, 5.74) is 8.25. The van der Waals surface area contributed by atoms with Gasteiger partial charge in [0.1, 0.15) is 0 Å². The van der Waals surface area contributed by atoms with E-state index < -0.39 is 0 Å². The van der Waals surface area contributed by atoms with Crippen LogP contribution in [0.4, 0.5) is 0 Å². The summed E-state index contributed by atoms with van der Waals surface area (Å²) in [4.78, 5) is 9.85. The van der Waals surface area contributed by atoms with E-state index in [9.17, 15) is 0 Å². The molecule has 0 aliphatic carbocycles.